The third kappa shape index (κ3) is 6.11. The summed E-state index contributed by atoms with van der Waals surface area (Å²) >= 11 is 0. The minimum Gasteiger partial charge on any atom is -0.374 e. The first-order chi connectivity index (χ1) is 13.1. The van der Waals surface area contributed by atoms with Crippen LogP contribution in [-0.4, -0.2) is 64.8 Å². The number of nitrogens with one attached hydrogen (secondary N) is 1. The van der Waals surface area contributed by atoms with E-state index in [1.807, 2.05) is 12.1 Å². The molecule has 1 N–H and O–H groups in total. The molecule has 2 aromatic heterocycles. The summed E-state index contributed by atoms with van der Waals surface area (Å²) in [5, 5.41) is 6.89. The van der Waals surface area contributed by atoms with Gasteiger partial charge in [-0.2, -0.15) is 4.98 Å². The van der Waals surface area contributed by atoms with E-state index in [-0.39, 0.29) is 12.0 Å². The van der Waals surface area contributed by atoms with E-state index in [0.29, 0.717) is 43.6 Å². The lowest BCUT2D eigenvalue weighted by molar-refractivity contribution is -0.122. The molecule has 0 spiro atoms. The average Bonchev–Trinajstić information content (AvgIpc) is 3.14. The van der Waals surface area contributed by atoms with Crippen molar-refractivity contribution in [3.8, 4) is 11.4 Å². The van der Waals surface area contributed by atoms with Gasteiger partial charge in [0.25, 0.3) is 0 Å². The van der Waals surface area contributed by atoms with Gasteiger partial charge < -0.3 is 14.6 Å². The summed E-state index contributed by atoms with van der Waals surface area (Å²) in [4.78, 5) is 22.8. The molecule has 3 heterocycles. The van der Waals surface area contributed by atoms with Crippen LogP contribution in [0.1, 0.15) is 26.2 Å². The molecule has 1 aliphatic rings. The van der Waals surface area contributed by atoms with Gasteiger partial charge in [-0.05, 0) is 18.1 Å². The molecule has 1 unspecified atom stereocenters. The van der Waals surface area contributed by atoms with Gasteiger partial charge in [-0.3, -0.25) is 14.7 Å². The second-order valence-electron chi connectivity index (χ2n) is 7.20. The molecule has 0 aromatic carbocycles. The molecule has 0 aliphatic carbocycles. The van der Waals surface area contributed by atoms with E-state index in [4.69, 9.17) is 9.26 Å². The van der Waals surface area contributed by atoms with Crippen molar-refractivity contribution < 1.29 is 14.1 Å². The zero-order chi connectivity index (χ0) is 19.1. The van der Waals surface area contributed by atoms with Crippen molar-refractivity contribution in [2.45, 2.75) is 32.8 Å². The molecule has 146 valence electrons. The van der Waals surface area contributed by atoms with Crippen LogP contribution in [0.3, 0.4) is 0 Å². The zero-order valence-electron chi connectivity index (χ0n) is 15.9. The van der Waals surface area contributed by atoms with Gasteiger partial charge in [-0.1, -0.05) is 19.0 Å². The van der Waals surface area contributed by atoms with Gasteiger partial charge in [0, 0.05) is 57.0 Å². The molecular weight excluding hydrogens is 346 g/mol. The summed E-state index contributed by atoms with van der Waals surface area (Å²) in [5.74, 6) is 1.55. The van der Waals surface area contributed by atoms with E-state index in [9.17, 15) is 4.79 Å². The Labute approximate surface area is 159 Å². The molecule has 27 heavy (non-hydrogen) atoms. The molecule has 0 radical (unpaired) electrons. The van der Waals surface area contributed by atoms with E-state index in [1.165, 1.54) is 0 Å². The molecule has 0 bridgehead atoms. The van der Waals surface area contributed by atoms with E-state index in [2.05, 4.69) is 39.2 Å². The molecule has 1 amide bonds. The lowest BCUT2D eigenvalue weighted by Gasteiger charge is -2.33. The zero-order valence-corrected chi connectivity index (χ0v) is 15.9. The average molecular weight is 373 g/mol. The normalized spacial score (nSPS) is 18.0. The SMILES string of the molecule is CC(C)CN1CCOC(CNC(=O)CCc2nc(-c3ccncc3)no2)C1. The summed E-state index contributed by atoms with van der Waals surface area (Å²) in [5.41, 5.74) is 0.838. The van der Waals surface area contributed by atoms with Gasteiger partial charge in [-0.15, -0.1) is 0 Å². The monoisotopic (exact) mass is 373 g/mol. The van der Waals surface area contributed by atoms with Gasteiger partial charge in [0.2, 0.25) is 17.6 Å². The van der Waals surface area contributed by atoms with Crippen molar-refractivity contribution in [3.05, 3.63) is 30.4 Å². The van der Waals surface area contributed by atoms with E-state index in [1.54, 1.807) is 12.4 Å². The fourth-order valence-electron chi connectivity index (χ4n) is 3.10. The lowest BCUT2D eigenvalue weighted by Crippen LogP contribution is -2.48. The van der Waals surface area contributed by atoms with Crippen LogP contribution in [0, 0.1) is 5.92 Å². The molecule has 8 heteroatoms. The van der Waals surface area contributed by atoms with Crippen molar-refractivity contribution in [3.63, 3.8) is 0 Å². The number of carbonyl (C=O) groups is 1. The van der Waals surface area contributed by atoms with Crippen LogP contribution >= 0.6 is 0 Å². The lowest BCUT2D eigenvalue weighted by atomic mass is 10.2. The number of carbonyl (C=O) groups excluding carboxylic acids is 1. The fourth-order valence-corrected chi connectivity index (χ4v) is 3.10. The highest BCUT2D eigenvalue weighted by molar-refractivity contribution is 5.76. The number of nitrogens with zero attached hydrogens (tertiary/aromatic N) is 4. The standard InChI is InChI=1S/C19H27N5O3/c1-14(2)12-24-9-10-26-16(13-24)11-21-17(25)3-4-18-22-19(23-27-18)15-5-7-20-8-6-15/h5-8,14,16H,3-4,9-13H2,1-2H3,(H,21,25). The van der Waals surface area contributed by atoms with Crippen LogP contribution in [0.5, 0.6) is 0 Å². The first-order valence-corrected chi connectivity index (χ1v) is 9.44. The van der Waals surface area contributed by atoms with Crippen molar-refractivity contribution in [2.24, 2.45) is 5.92 Å². The second kappa shape index (κ2) is 9.57. The summed E-state index contributed by atoms with van der Waals surface area (Å²) in [6.07, 6.45) is 4.11. The van der Waals surface area contributed by atoms with Crippen molar-refractivity contribution in [2.75, 3.05) is 32.8 Å². The first-order valence-electron chi connectivity index (χ1n) is 9.44. The van der Waals surface area contributed by atoms with Gasteiger partial charge in [0.05, 0.1) is 12.7 Å². The Kier molecular flexibility index (Phi) is 6.89. The Morgan fingerprint density at radius 1 is 1.37 bits per heavy atom. The molecule has 0 saturated carbocycles. The number of amides is 1. The quantitative estimate of drug-likeness (QED) is 0.750. The smallest absolute Gasteiger partial charge is 0.227 e. The minimum absolute atomic E-state index is 0.0387. The highest BCUT2D eigenvalue weighted by Crippen LogP contribution is 2.14. The number of ether oxygens (including phenoxy) is 1. The number of hydrogen-bond acceptors (Lipinski definition) is 7. The highest BCUT2D eigenvalue weighted by Gasteiger charge is 2.21. The molecular formula is C19H27N5O3. The number of hydrogen-bond donors (Lipinski definition) is 1. The Balaban J connectivity index is 1.39. The van der Waals surface area contributed by atoms with Crippen molar-refractivity contribution >= 4 is 5.91 Å². The van der Waals surface area contributed by atoms with E-state index < -0.39 is 0 Å². The number of rotatable bonds is 8. The summed E-state index contributed by atoms with van der Waals surface area (Å²) in [6.45, 7) is 8.54. The third-order valence-electron chi connectivity index (χ3n) is 4.35. The maximum absolute atomic E-state index is 12.1. The summed E-state index contributed by atoms with van der Waals surface area (Å²) in [7, 11) is 0. The topological polar surface area (TPSA) is 93.4 Å². The van der Waals surface area contributed by atoms with Crippen LogP contribution in [0.25, 0.3) is 11.4 Å². The minimum atomic E-state index is -0.0387. The predicted molar refractivity (Wildman–Crippen MR) is 99.9 cm³/mol. The molecule has 1 aliphatic heterocycles. The van der Waals surface area contributed by atoms with Crippen molar-refractivity contribution in [1.82, 2.24) is 25.3 Å². The van der Waals surface area contributed by atoms with E-state index in [0.717, 1.165) is 25.2 Å². The number of aryl methyl sites for hydroxylation is 1. The largest absolute Gasteiger partial charge is 0.374 e. The maximum Gasteiger partial charge on any atom is 0.227 e. The Morgan fingerprint density at radius 2 is 2.19 bits per heavy atom. The van der Waals surface area contributed by atoms with Gasteiger partial charge >= 0.3 is 0 Å². The Hall–Kier alpha value is -2.32. The van der Waals surface area contributed by atoms with Crippen LogP contribution < -0.4 is 5.32 Å². The Bertz CT molecular complexity index is 719. The molecule has 1 fully saturated rings. The summed E-state index contributed by atoms with van der Waals surface area (Å²) < 4.78 is 11.0. The molecule has 1 atom stereocenters. The first kappa shape index (κ1) is 19.4. The van der Waals surface area contributed by atoms with Gasteiger partial charge in [0.1, 0.15) is 0 Å². The third-order valence-corrected chi connectivity index (χ3v) is 4.35. The van der Waals surface area contributed by atoms with Gasteiger partial charge in [0.15, 0.2) is 0 Å². The summed E-state index contributed by atoms with van der Waals surface area (Å²) in [6, 6.07) is 3.63. The van der Waals surface area contributed by atoms with Crippen LogP contribution in [0.2, 0.25) is 0 Å². The maximum atomic E-state index is 12.1. The predicted octanol–water partition coefficient (Wildman–Crippen LogP) is 1.54. The number of pyridine rings is 1. The fraction of sp³-hybridized carbons (Fsp3) is 0.579. The highest BCUT2D eigenvalue weighted by atomic mass is 16.5. The molecule has 8 nitrogen and oxygen atoms in total. The van der Waals surface area contributed by atoms with Gasteiger partial charge in [-0.25, -0.2) is 0 Å². The van der Waals surface area contributed by atoms with Crippen molar-refractivity contribution in [1.29, 1.82) is 0 Å². The number of aromatic nitrogens is 3. The molecule has 2 aromatic rings. The van der Waals surface area contributed by atoms with Crippen LogP contribution in [0.15, 0.2) is 29.0 Å². The second-order valence-corrected chi connectivity index (χ2v) is 7.20. The molecule has 1 saturated heterocycles. The number of morpholine rings is 1. The van der Waals surface area contributed by atoms with Crippen LogP contribution in [0.4, 0.5) is 0 Å². The van der Waals surface area contributed by atoms with Crippen LogP contribution in [-0.2, 0) is 16.0 Å². The Morgan fingerprint density at radius 3 is 2.96 bits per heavy atom. The van der Waals surface area contributed by atoms with E-state index >= 15 is 0 Å². The molecule has 3 rings (SSSR count).